The molecule has 4 aromatic heterocycles. The molecule has 2 fully saturated rings. The Labute approximate surface area is 193 Å². The Bertz CT molecular complexity index is 1480. The summed E-state index contributed by atoms with van der Waals surface area (Å²) in [5.41, 5.74) is 8.74. The largest absolute Gasteiger partial charge is 0.382 e. The highest BCUT2D eigenvalue weighted by atomic mass is 32.2. The topological polar surface area (TPSA) is 181 Å². The number of nitrogen functional groups attached to an aromatic ring is 1. The number of hydrogen-bond acceptors (Lipinski definition) is 9. The van der Waals surface area contributed by atoms with Gasteiger partial charge in [-0.3, -0.25) is 9.89 Å². The van der Waals surface area contributed by atoms with E-state index in [1.54, 1.807) is 18.6 Å². The van der Waals surface area contributed by atoms with Crippen molar-refractivity contribution in [2.75, 3.05) is 12.0 Å². The van der Waals surface area contributed by atoms with Crippen molar-refractivity contribution in [2.24, 2.45) is 0 Å². The molecule has 13 nitrogen and oxygen atoms in total. The van der Waals surface area contributed by atoms with Gasteiger partial charge in [0, 0.05) is 41.6 Å². The van der Waals surface area contributed by atoms with E-state index in [1.807, 2.05) is 4.90 Å². The summed E-state index contributed by atoms with van der Waals surface area (Å²) in [5, 5.41) is 18.6. The van der Waals surface area contributed by atoms with Crippen LogP contribution in [-0.2, 0) is 9.84 Å². The Balaban J connectivity index is 1.45. The van der Waals surface area contributed by atoms with Crippen molar-refractivity contribution in [2.45, 2.75) is 48.6 Å². The molecule has 0 aliphatic carbocycles. The number of rotatable bonds is 4. The van der Waals surface area contributed by atoms with Crippen LogP contribution >= 0.6 is 0 Å². The lowest BCUT2D eigenvalue weighted by Crippen LogP contribution is -2.46. The molecule has 14 heteroatoms. The Morgan fingerprint density at radius 1 is 1.21 bits per heavy atom. The Kier molecular flexibility index (Phi) is 4.49. The molecule has 1 amide bonds. The van der Waals surface area contributed by atoms with Crippen molar-refractivity contribution in [3.63, 3.8) is 0 Å². The summed E-state index contributed by atoms with van der Waals surface area (Å²) in [6, 6.07) is -0.0995. The van der Waals surface area contributed by atoms with E-state index in [0.717, 1.165) is 24.7 Å². The van der Waals surface area contributed by atoms with Gasteiger partial charge in [-0.1, -0.05) is 0 Å². The number of sulfone groups is 1. The minimum absolute atomic E-state index is 0.00116. The fourth-order valence-corrected chi connectivity index (χ4v) is 6.50. The summed E-state index contributed by atoms with van der Waals surface area (Å²) in [6.45, 7) is 0. The predicted octanol–water partition coefficient (Wildman–Crippen LogP) is 0.774. The first kappa shape index (κ1) is 20.8. The van der Waals surface area contributed by atoms with Crippen molar-refractivity contribution >= 4 is 27.2 Å². The number of amides is 1. The third-order valence-electron chi connectivity index (χ3n) is 6.82. The number of aromatic amines is 2. The highest BCUT2D eigenvalue weighted by Crippen LogP contribution is 2.45. The van der Waals surface area contributed by atoms with Crippen LogP contribution in [0.1, 0.15) is 47.9 Å². The zero-order chi connectivity index (χ0) is 23.6. The van der Waals surface area contributed by atoms with Crippen LogP contribution in [0.25, 0.3) is 16.8 Å². The number of carbonyl (C=O) groups is 1. The van der Waals surface area contributed by atoms with E-state index < -0.39 is 9.84 Å². The molecule has 0 radical (unpaired) electrons. The Morgan fingerprint density at radius 3 is 2.59 bits per heavy atom. The fraction of sp³-hybridized carbons (Fsp3) is 0.400. The SMILES string of the molecule is CS(=O)(=O)c1c([C@H]2C[C@H]3CC[C@@H](C2)N3C(=O)c2nnc[nH]2)nc2c(-c3cn[nH]c3)cnn2c1N. The minimum atomic E-state index is -3.70. The van der Waals surface area contributed by atoms with Gasteiger partial charge < -0.3 is 15.6 Å². The van der Waals surface area contributed by atoms with Crippen LogP contribution < -0.4 is 5.73 Å². The summed E-state index contributed by atoms with van der Waals surface area (Å²) >= 11 is 0. The van der Waals surface area contributed by atoms with Gasteiger partial charge in [0.25, 0.3) is 5.91 Å². The summed E-state index contributed by atoms with van der Waals surface area (Å²) < 4.78 is 27.0. The first-order chi connectivity index (χ1) is 16.3. The van der Waals surface area contributed by atoms with Crippen molar-refractivity contribution in [3.8, 4) is 11.1 Å². The number of piperidine rings is 1. The van der Waals surface area contributed by atoms with Crippen LogP contribution in [0.5, 0.6) is 0 Å². The van der Waals surface area contributed by atoms with Gasteiger partial charge in [0.1, 0.15) is 17.0 Å². The second-order valence-corrected chi connectivity index (χ2v) is 10.8. The van der Waals surface area contributed by atoms with E-state index in [-0.39, 0.29) is 40.4 Å². The molecule has 2 bridgehead atoms. The monoisotopic (exact) mass is 482 g/mol. The number of nitrogens with one attached hydrogen (secondary N) is 2. The van der Waals surface area contributed by atoms with Gasteiger partial charge in [-0.15, -0.1) is 10.2 Å². The van der Waals surface area contributed by atoms with Crippen molar-refractivity contribution in [1.29, 1.82) is 0 Å². The van der Waals surface area contributed by atoms with E-state index >= 15 is 0 Å². The second kappa shape index (κ2) is 7.35. The lowest BCUT2D eigenvalue weighted by Gasteiger charge is -2.38. The summed E-state index contributed by atoms with van der Waals surface area (Å²) in [7, 11) is -3.70. The summed E-state index contributed by atoms with van der Waals surface area (Å²) in [4.78, 5) is 22.5. The standard InChI is InChI=1S/C20H22N10O3S/c1-34(32,33)16-15(27-19-14(11-6-23-24-7-11)8-26-30(19)17(16)21)10-4-12-2-3-13(5-10)29(12)20(31)18-22-9-25-28-18/h6-10,12-13H,2-5,21H2,1H3,(H,23,24)(H,22,25,28)/t10-,12+,13-. The third-order valence-corrected chi connectivity index (χ3v) is 7.98. The maximum absolute atomic E-state index is 13.0. The number of carbonyl (C=O) groups excluding carboxylic acids is 1. The zero-order valence-electron chi connectivity index (χ0n) is 18.2. The van der Waals surface area contributed by atoms with Crippen molar-refractivity contribution in [3.05, 3.63) is 36.4 Å². The molecule has 2 saturated heterocycles. The van der Waals surface area contributed by atoms with Crippen LogP contribution in [0.2, 0.25) is 0 Å². The smallest absolute Gasteiger partial charge is 0.292 e. The molecule has 0 aromatic carbocycles. The molecule has 3 atom stereocenters. The van der Waals surface area contributed by atoms with Gasteiger partial charge >= 0.3 is 0 Å². The van der Waals surface area contributed by atoms with Gasteiger partial charge in [0.2, 0.25) is 5.82 Å². The lowest BCUT2D eigenvalue weighted by molar-refractivity contribution is 0.0556. The van der Waals surface area contributed by atoms with Crippen LogP contribution in [0.3, 0.4) is 0 Å². The minimum Gasteiger partial charge on any atom is -0.382 e. The number of nitrogens with zero attached hydrogens (tertiary/aromatic N) is 7. The van der Waals surface area contributed by atoms with E-state index in [9.17, 15) is 13.2 Å². The molecular formula is C20H22N10O3S. The third kappa shape index (κ3) is 3.09. The molecule has 6 heterocycles. The first-order valence-electron chi connectivity index (χ1n) is 10.9. The number of hydrogen-bond donors (Lipinski definition) is 3. The highest BCUT2D eigenvalue weighted by Gasteiger charge is 2.46. The summed E-state index contributed by atoms with van der Waals surface area (Å²) in [5.74, 6) is -0.127. The highest BCUT2D eigenvalue weighted by molar-refractivity contribution is 7.91. The molecular weight excluding hydrogens is 460 g/mol. The lowest BCUT2D eigenvalue weighted by atomic mass is 9.87. The molecule has 0 saturated carbocycles. The number of nitrogens with two attached hydrogens (primary N) is 1. The molecule has 2 aliphatic rings. The molecule has 2 aliphatic heterocycles. The van der Waals surface area contributed by atoms with E-state index in [4.69, 9.17) is 10.7 Å². The fourth-order valence-electron chi connectivity index (χ4n) is 5.44. The van der Waals surface area contributed by atoms with E-state index in [2.05, 4.69) is 30.5 Å². The van der Waals surface area contributed by atoms with Gasteiger partial charge in [0.05, 0.1) is 18.1 Å². The summed E-state index contributed by atoms with van der Waals surface area (Å²) in [6.07, 6.45) is 10.3. The van der Waals surface area contributed by atoms with Gasteiger partial charge in [-0.2, -0.15) is 14.7 Å². The number of fused-ring (bicyclic) bond motifs is 3. The average molecular weight is 483 g/mol. The predicted molar refractivity (Wildman–Crippen MR) is 119 cm³/mol. The maximum Gasteiger partial charge on any atom is 0.292 e. The average Bonchev–Trinajstić information content (AvgIpc) is 3.58. The van der Waals surface area contributed by atoms with Crippen molar-refractivity contribution < 1.29 is 13.2 Å². The number of aromatic nitrogens is 8. The Hall–Kier alpha value is -3.81. The van der Waals surface area contributed by atoms with E-state index in [1.165, 1.54) is 10.8 Å². The number of H-pyrrole nitrogens is 2. The van der Waals surface area contributed by atoms with Gasteiger partial charge in [0.15, 0.2) is 15.5 Å². The first-order valence-corrected chi connectivity index (χ1v) is 12.8. The second-order valence-electron chi connectivity index (χ2n) is 8.87. The Morgan fingerprint density at radius 2 is 1.97 bits per heavy atom. The number of anilines is 1. The van der Waals surface area contributed by atoms with Crippen LogP contribution in [0, 0.1) is 0 Å². The molecule has 6 rings (SSSR count). The molecule has 4 aromatic rings. The maximum atomic E-state index is 13.0. The molecule has 176 valence electrons. The van der Waals surface area contributed by atoms with Crippen LogP contribution in [0.4, 0.5) is 5.82 Å². The molecule has 0 spiro atoms. The van der Waals surface area contributed by atoms with E-state index in [0.29, 0.717) is 29.7 Å². The zero-order valence-corrected chi connectivity index (χ0v) is 19.0. The molecule has 0 unspecified atom stereocenters. The van der Waals surface area contributed by atoms with Crippen molar-refractivity contribution in [1.82, 2.24) is 44.9 Å². The van der Waals surface area contributed by atoms with Gasteiger partial charge in [-0.25, -0.2) is 13.4 Å². The van der Waals surface area contributed by atoms with Gasteiger partial charge in [-0.05, 0) is 25.7 Å². The molecule has 4 N–H and O–H groups in total. The normalized spacial score (nSPS) is 22.5. The van der Waals surface area contributed by atoms with Crippen LogP contribution in [0.15, 0.2) is 29.8 Å². The van der Waals surface area contributed by atoms with Crippen LogP contribution in [-0.4, -0.2) is 77.5 Å². The molecule has 34 heavy (non-hydrogen) atoms. The quantitative estimate of drug-likeness (QED) is 0.378.